The number of urea groups is 1. The molecule has 0 radical (unpaired) electrons. The van der Waals surface area contributed by atoms with Gasteiger partial charge in [0.15, 0.2) is 0 Å². The number of para-hydroxylation sites is 1. The van der Waals surface area contributed by atoms with Crippen molar-refractivity contribution in [1.82, 2.24) is 15.2 Å². The zero-order valence-electron chi connectivity index (χ0n) is 27.2. The van der Waals surface area contributed by atoms with Crippen molar-refractivity contribution in [3.8, 4) is 11.1 Å². The van der Waals surface area contributed by atoms with E-state index in [1.165, 1.54) is 0 Å². The Morgan fingerprint density at radius 2 is 1.67 bits per heavy atom. The minimum absolute atomic E-state index is 0.256. The van der Waals surface area contributed by atoms with Crippen LogP contribution in [0.3, 0.4) is 0 Å². The zero-order chi connectivity index (χ0) is 32.8. The average Bonchev–Trinajstić information content (AvgIpc) is 3.64. The number of esters is 1. The van der Waals surface area contributed by atoms with Crippen LogP contribution in [0.2, 0.25) is 0 Å². The van der Waals surface area contributed by atoms with E-state index in [0.717, 1.165) is 33.3 Å². The number of anilines is 1. The van der Waals surface area contributed by atoms with Gasteiger partial charge in [-0.05, 0) is 81.5 Å². The van der Waals surface area contributed by atoms with Crippen LogP contribution >= 0.6 is 0 Å². The Balaban J connectivity index is 1.46. The lowest BCUT2D eigenvalue weighted by Gasteiger charge is -2.33. The molecule has 0 saturated carbocycles. The maximum Gasteiger partial charge on any atom is 0.329 e. The number of hydrogen-bond donors (Lipinski definition) is 3. The first-order chi connectivity index (χ1) is 22.1. The number of hydrogen-bond acceptors (Lipinski definition) is 5. The number of carbonyl (C=O) groups excluding carboxylic acids is 3. The van der Waals surface area contributed by atoms with Gasteiger partial charge in [-0.3, -0.25) is 9.69 Å². The first kappa shape index (κ1) is 32.8. The van der Waals surface area contributed by atoms with E-state index >= 15 is 0 Å². The fourth-order valence-corrected chi connectivity index (χ4v) is 6.19. The van der Waals surface area contributed by atoms with E-state index in [1.807, 2.05) is 92.0 Å². The van der Waals surface area contributed by atoms with Crippen LogP contribution in [-0.4, -0.2) is 65.1 Å². The Hall–Kier alpha value is -4.63. The fourth-order valence-electron chi connectivity index (χ4n) is 6.19. The second kappa shape index (κ2) is 14.2. The Kier molecular flexibility index (Phi) is 10.1. The van der Waals surface area contributed by atoms with E-state index in [0.29, 0.717) is 38.9 Å². The average molecular weight is 624 g/mol. The standard InChI is InChI=1S/C37H45N5O4/c1-25(30-24-39-31-18-9-8-17-29(30)31)33(34(43)40-32(19-10-11-20-38)35(44)46-37(2,3)4)42-22-21-41(36(42)45)28-16-12-15-27(23-28)26-13-6-5-7-14-26/h5-9,12-18,23-25,32-33,39H,10-11,19-22,38H2,1-4H3,(H,40,43)/t25-,32+,33+/m0/s1. The van der Waals surface area contributed by atoms with E-state index in [9.17, 15) is 14.4 Å². The number of unbranched alkanes of at least 4 members (excludes halogenated alkanes) is 1. The molecular weight excluding hydrogens is 578 g/mol. The smallest absolute Gasteiger partial charge is 0.329 e. The van der Waals surface area contributed by atoms with Gasteiger partial charge in [-0.15, -0.1) is 0 Å². The highest BCUT2D eigenvalue weighted by molar-refractivity contribution is 5.99. The molecule has 0 bridgehead atoms. The van der Waals surface area contributed by atoms with E-state index in [4.69, 9.17) is 10.5 Å². The summed E-state index contributed by atoms with van der Waals surface area (Å²) in [7, 11) is 0. The number of aromatic amines is 1. The number of nitrogens with two attached hydrogens (primary N) is 1. The predicted molar refractivity (Wildman–Crippen MR) is 183 cm³/mol. The van der Waals surface area contributed by atoms with Crippen molar-refractivity contribution in [3.63, 3.8) is 0 Å². The van der Waals surface area contributed by atoms with Crippen molar-refractivity contribution in [2.45, 2.75) is 70.6 Å². The molecule has 0 aliphatic carbocycles. The van der Waals surface area contributed by atoms with Crippen molar-refractivity contribution in [2.24, 2.45) is 5.73 Å². The molecule has 3 atom stereocenters. The highest BCUT2D eigenvalue weighted by Crippen LogP contribution is 2.34. The fraction of sp³-hybridized carbons (Fsp3) is 0.378. The first-order valence-electron chi connectivity index (χ1n) is 16.1. The summed E-state index contributed by atoms with van der Waals surface area (Å²) in [5.41, 5.74) is 9.70. The highest BCUT2D eigenvalue weighted by Gasteiger charge is 2.43. The van der Waals surface area contributed by atoms with Gasteiger partial charge in [-0.25, -0.2) is 9.59 Å². The molecule has 2 heterocycles. The summed E-state index contributed by atoms with van der Waals surface area (Å²) < 4.78 is 5.69. The quantitative estimate of drug-likeness (QED) is 0.128. The lowest BCUT2D eigenvalue weighted by atomic mass is 9.91. The van der Waals surface area contributed by atoms with Crippen LogP contribution in [0.1, 0.15) is 58.4 Å². The third-order valence-corrected chi connectivity index (χ3v) is 8.45. The number of aromatic nitrogens is 1. The van der Waals surface area contributed by atoms with Crippen molar-refractivity contribution in [3.05, 3.63) is 90.6 Å². The summed E-state index contributed by atoms with van der Waals surface area (Å²) in [6.45, 7) is 8.62. The molecule has 0 unspecified atom stereocenters. The number of nitrogens with zero attached hydrogens (tertiary/aromatic N) is 2. The largest absolute Gasteiger partial charge is 0.458 e. The Morgan fingerprint density at radius 3 is 2.41 bits per heavy atom. The number of nitrogens with one attached hydrogen (secondary N) is 2. The van der Waals surface area contributed by atoms with E-state index in [-0.39, 0.29) is 11.9 Å². The molecule has 3 amide bonds. The van der Waals surface area contributed by atoms with Crippen LogP contribution in [0.25, 0.3) is 22.0 Å². The maximum absolute atomic E-state index is 14.4. The second-order valence-electron chi connectivity index (χ2n) is 12.9. The molecule has 1 aromatic heterocycles. The topological polar surface area (TPSA) is 121 Å². The molecule has 9 nitrogen and oxygen atoms in total. The van der Waals surface area contributed by atoms with Crippen molar-refractivity contribution < 1.29 is 19.1 Å². The first-order valence-corrected chi connectivity index (χ1v) is 16.1. The summed E-state index contributed by atoms with van der Waals surface area (Å²) in [6.07, 6.45) is 3.66. The van der Waals surface area contributed by atoms with E-state index in [2.05, 4.69) is 10.3 Å². The molecule has 9 heteroatoms. The molecule has 1 aliphatic rings. The molecule has 1 fully saturated rings. The summed E-state index contributed by atoms with van der Waals surface area (Å²) in [5.74, 6) is -1.28. The molecule has 1 aliphatic heterocycles. The van der Waals surface area contributed by atoms with Crippen molar-refractivity contribution in [2.75, 3.05) is 24.5 Å². The molecular formula is C37H45N5O4. The van der Waals surface area contributed by atoms with Gasteiger partial charge in [-0.1, -0.05) is 67.6 Å². The highest BCUT2D eigenvalue weighted by atomic mass is 16.6. The molecule has 0 spiro atoms. The van der Waals surface area contributed by atoms with Gasteiger partial charge in [0.05, 0.1) is 0 Å². The molecule has 5 rings (SSSR count). The van der Waals surface area contributed by atoms with Gasteiger partial charge in [0.2, 0.25) is 5.91 Å². The number of carbonyl (C=O) groups is 3. The van der Waals surface area contributed by atoms with E-state index in [1.54, 1.807) is 30.6 Å². The van der Waals surface area contributed by atoms with Gasteiger partial charge >= 0.3 is 12.0 Å². The van der Waals surface area contributed by atoms with Crippen LogP contribution in [0.4, 0.5) is 10.5 Å². The van der Waals surface area contributed by atoms with Crippen LogP contribution in [-0.2, 0) is 14.3 Å². The minimum Gasteiger partial charge on any atom is -0.458 e. The number of amides is 3. The van der Waals surface area contributed by atoms with Gasteiger partial charge in [-0.2, -0.15) is 0 Å². The maximum atomic E-state index is 14.4. The van der Waals surface area contributed by atoms with Crippen molar-refractivity contribution >= 4 is 34.5 Å². The van der Waals surface area contributed by atoms with Crippen LogP contribution in [0.15, 0.2) is 85.1 Å². The van der Waals surface area contributed by atoms with Gasteiger partial charge in [0.25, 0.3) is 0 Å². The number of H-pyrrole nitrogens is 1. The zero-order valence-corrected chi connectivity index (χ0v) is 27.2. The second-order valence-corrected chi connectivity index (χ2v) is 12.9. The SMILES string of the molecule is C[C@@H](c1c[nH]c2ccccc12)[C@H](C(=O)N[C@H](CCCCN)C(=O)OC(C)(C)C)N1CCN(c2cccc(-c3ccccc3)c2)C1=O. The number of fused-ring (bicyclic) bond motifs is 1. The van der Waals surface area contributed by atoms with Gasteiger partial charge in [0, 0.05) is 41.8 Å². The minimum atomic E-state index is -0.881. The molecule has 3 aromatic carbocycles. The van der Waals surface area contributed by atoms with Crippen LogP contribution < -0.4 is 16.0 Å². The summed E-state index contributed by atoms with van der Waals surface area (Å²) in [6, 6.07) is 23.8. The summed E-state index contributed by atoms with van der Waals surface area (Å²) >= 11 is 0. The molecule has 4 N–H and O–H groups in total. The van der Waals surface area contributed by atoms with E-state index < -0.39 is 29.6 Å². The summed E-state index contributed by atoms with van der Waals surface area (Å²) in [4.78, 5) is 48.6. The van der Waals surface area contributed by atoms with Gasteiger partial charge in [0.1, 0.15) is 17.7 Å². The van der Waals surface area contributed by atoms with Gasteiger partial charge < -0.3 is 25.7 Å². The van der Waals surface area contributed by atoms with Crippen LogP contribution in [0, 0.1) is 0 Å². The molecule has 46 heavy (non-hydrogen) atoms. The lowest BCUT2D eigenvalue weighted by Crippen LogP contribution is -2.55. The monoisotopic (exact) mass is 623 g/mol. The lowest BCUT2D eigenvalue weighted by molar-refractivity contribution is -0.159. The number of benzene rings is 3. The molecule has 1 saturated heterocycles. The Morgan fingerprint density at radius 1 is 0.957 bits per heavy atom. The summed E-state index contributed by atoms with van der Waals surface area (Å²) in [5, 5.41) is 3.98. The molecule has 242 valence electrons. The Bertz CT molecular complexity index is 1660. The van der Waals surface area contributed by atoms with Crippen LogP contribution in [0.5, 0.6) is 0 Å². The number of rotatable bonds is 12. The normalized spacial score (nSPS) is 15.5. The molecule has 4 aromatic rings. The third kappa shape index (κ3) is 7.42. The third-order valence-electron chi connectivity index (χ3n) is 8.45. The number of ether oxygens (including phenoxy) is 1. The predicted octanol–water partition coefficient (Wildman–Crippen LogP) is 6.20. The van der Waals surface area contributed by atoms with Crippen molar-refractivity contribution in [1.29, 1.82) is 0 Å². The Labute approximate surface area is 271 Å².